The summed E-state index contributed by atoms with van der Waals surface area (Å²) in [4.78, 5) is 30.4. The van der Waals surface area contributed by atoms with Gasteiger partial charge in [0.25, 0.3) is 0 Å². The third-order valence-corrected chi connectivity index (χ3v) is 2.33. The van der Waals surface area contributed by atoms with Crippen molar-refractivity contribution in [1.29, 1.82) is 0 Å². The molecule has 0 bridgehead atoms. The number of carbonyl (C=O) groups is 3. The average Bonchev–Trinajstić information content (AvgIpc) is 2.74. The monoisotopic (exact) mass is 356 g/mol. The molecule has 7 nitrogen and oxygen atoms in total. The van der Waals surface area contributed by atoms with Gasteiger partial charge in [-0.1, -0.05) is 0 Å². The lowest BCUT2D eigenvalue weighted by Gasteiger charge is -2.14. The van der Waals surface area contributed by atoms with Crippen LogP contribution in [0.2, 0.25) is 0 Å². The standard InChI is InChI=1S/C6H12N2O.2C2HF3O2/c1-8-4-2-3-5(8)6(7)9;2*3-2(4,5)1(6)7/h5H,2-4H2,1H3,(H2,7,9);2*(H,6,7). The Morgan fingerprint density at radius 3 is 1.39 bits per heavy atom. The minimum Gasteiger partial charge on any atom is -0.475 e. The van der Waals surface area contributed by atoms with Gasteiger partial charge in [-0.05, 0) is 26.4 Å². The van der Waals surface area contributed by atoms with Gasteiger partial charge < -0.3 is 15.9 Å². The molecule has 0 spiro atoms. The molecular weight excluding hydrogens is 342 g/mol. The Balaban J connectivity index is 0. The Hall–Kier alpha value is -2.05. The summed E-state index contributed by atoms with van der Waals surface area (Å²) in [6.45, 7) is 1.01. The number of carboxylic acids is 2. The van der Waals surface area contributed by atoms with E-state index in [0.717, 1.165) is 19.4 Å². The van der Waals surface area contributed by atoms with Gasteiger partial charge in [0.2, 0.25) is 5.91 Å². The largest absolute Gasteiger partial charge is 0.490 e. The average molecular weight is 356 g/mol. The summed E-state index contributed by atoms with van der Waals surface area (Å²) in [5, 5.41) is 14.2. The third kappa shape index (κ3) is 11.2. The van der Waals surface area contributed by atoms with Crippen LogP contribution in [0.25, 0.3) is 0 Å². The van der Waals surface area contributed by atoms with Gasteiger partial charge in [-0.2, -0.15) is 26.3 Å². The molecule has 13 heteroatoms. The van der Waals surface area contributed by atoms with Crippen LogP contribution < -0.4 is 5.73 Å². The lowest BCUT2D eigenvalue weighted by Crippen LogP contribution is -2.37. The molecule has 1 aliphatic heterocycles. The second-order valence-electron chi connectivity index (χ2n) is 4.15. The molecule has 0 aromatic rings. The van der Waals surface area contributed by atoms with E-state index in [9.17, 15) is 31.1 Å². The molecule has 1 unspecified atom stereocenters. The maximum Gasteiger partial charge on any atom is 0.490 e. The molecule has 4 N–H and O–H groups in total. The maximum atomic E-state index is 10.6. The molecule has 0 aromatic carbocycles. The minimum atomic E-state index is -5.08. The first-order valence-electron chi connectivity index (χ1n) is 5.70. The molecule has 0 radical (unpaired) electrons. The number of rotatable bonds is 1. The third-order valence-electron chi connectivity index (χ3n) is 2.33. The van der Waals surface area contributed by atoms with Gasteiger partial charge in [-0.15, -0.1) is 0 Å². The van der Waals surface area contributed by atoms with Crippen LogP contribution in [0.1, 0.15) is 12.8 Å². The SMILES string of the molecule is CN1CCCC1C(N)=O.O=C(O)C(F)(F)F.O=C(O)C(F)(F)F. The van der Waals surface area contributed by atoms with Crippen LogP contribution >= 0.6 is 0 Å². The molecular formula is C10H14F6N2O5. The number of nitrogens with zero attached hydrogens (tertiary/aromatic N) is 1. The first-order chi connectivity index (χ1) is 10.1. The summed E-state index contributed by atoms with van der Waals surface area (Å²) in [6.07, 6.45) is -8.13. The highest BCUT2D eigenvalue weighted by Gasteiger charge is 2.38. The fourth-order valence-electron chi connectivity index (χ4n) is 1.27. The normalized spacial score (nSPS) is 18.1. The number of hydrogen-bond acceptors (Lipinski definition) is 4. The minimum absolute atomic E-state index is 0.00463. The predicted octanol–water partition coefficient (Wildman–Crippen LogP) is 0.833. The van der Waals surface area contributed by atoms with Crippen molar-refractivity contribution in [3.8, 4) is 0 Å². The molecule has 1 fully saturated rings. The van der Waals surface area contributed by atoms with E-state index >= 15 is 0 Å². The van der Waals surface area contributed by atoms with E-state index < -0.39 is 24.3 Å². The van der Waals surface area contributed by atoms with E-state index in [1.54, 1.807) is 0 Å². The first kappa shape index (κ1) is 23.2. The summed E-state index contributed by atoms with van der Waals surface area (Å²) in [5.41, 5.74) is 5.11. The lowest BCUT2D eigenvalue weighted by atomic mass is 10.2. The molecule has 1 atom stereocenters. The Morgan fingerprint density at radius 1 is 1.00 bits per heavy atom. The summed E-state index contributed by atoms with van der Waals surface area (Å²) < 4.78 is 63.5. The number of likely N-dealkylation sites (tertiary alicyclic amines) is 1. The zero-order valence-electron chi connectivity index (χ0n) is 11.6. The van der Waals surface area contributed by atoms with Crippen LogP contribution in [0.3, 0.4) is 0 Å². The quantitative estimate of drug-likeness (QED) is 0.599. The molecule has 0 saturated carbocycles. The van der Waals surface area contributed by atoms with Gasteiger partial charge in [-0.25, -0.2) is 9.59 Å². The molecule has 1 heterocycles. The summed E-state index contributed by atoms with van der Waals surface area (Å²) in [7, 11) is 1.93. The second kappa shape index (κ2) is 9.17. The van der Waals surface area contributed by atoms with E-state index in [4.69, 9.17) is 25.5 Å². The van der Waals surface area contributed by atoms with Gasteiger partial charge >= 0.3 is 24.3 Å². The van der Waals surface area contributed by atoms with Gasteiger partial charge in [0, 0.05) is 0 Å². The number of carboxylic acid groups (broad SMARTS) is 2. The van der Waals surface area contributed by atoms with Crippen molar-refractivity contribution < 1.29 is 50.9 Å². The number of amides is 1. The second-order valence-corrected chi connectivity index (χ2v) is 4.15. The van der Waals surface area contributed by atoms with Crippen LogP contribution in [0, 0.1) is 0 Å². The Kier molecular flexibility index (Phi) is 9.26. The summed E-state index contributed by atoms with van der Waals surface area (Å²) in [5.74, 6) is -5.70. The van der Waals surface area contributed by atoms with Crippen LogP contribution in [-0.2, 0) is 14.4 Å². The van der Waals surface area contributed by atoms with Crippen LogP contribution in [0.5, 0.6) is 0 Å². The summed E-state index contributed by atoms with van der Waals surface area (Å²) >= 11 is 0. The van der Waals surface area contributed by atoms with Crippen molar-refractivity contribution in [2.45, 2.75) is 31.2 Å². The molecule has 0 aliphatic carbocycles. The zero-order chi connectivity index (χ0) is 19.0. The van der Waals surface area contributed by atoms with Crippen LogP contribution in [0.4, 0.5) is 26.3 Å². The first-order valence-corrected chi connectivity index (χ1v) is 5.70. The fraction of sp³-hybridized carbons (Fsp3) is 0.700. The molecule has 1 rings (SSSR count). The Morgan fingerprint density at radius 2 is 1.30 bits per heavy atom. The van der Waals surface area contributed by atoms with Gasteiger partial charge in [-0.3, -0.25) is 9.69 Å². The number of likely N-dealkylation sites (N-methyl/N-ethyl adjacent to an activating group) is 1. The highest BCUT2D eigenvalue weighted by atomic mass is 19.4. The van der Waals surface area contributed by atoms with Crippen molar-refractivity contribution in [3.05, 3.63) is 0 Å². The van der Waals surface area contributed by atoms with Gasteiger partial charge in [0.05, 0.1) is 6.04 Å². The van der Waals surface area contributed by atoms with Crippen molar-refractivity contribution in [2.75, 3.05) is 13.6 Å². The molecule has 23 heavy (non-hydrogen) atoms. The Bertz CT molecular complexity index is 399. The van der Waals surface area contributed by atoms with E-state index in [0.29, 0.717) is 0 Å². The maximum absolute atomic E-state index is 10.6. The van der Waals surface area contributed by atoms with Crippen LogP contribution in [0.15, 0.2) is 0 Å². The molecule has 1 saturated heterocycles. The molecule has 1 aliphatic rings. The predicted molar refractivity (Wildman–Crippen MR) is 62.2 cm³/mol. The van der Waals surface area contributed by atoms with Crippen molar-refractivity contribution in [1.82, 2.24) is 4.90 Å². The smallest absolute Gasteiger partial charge is 0.475 e. The lowest BCUT2D eigenvalue weighted by molar-refractivity contribution is -0.193. The number of alkyl halides is 6. The number of carbonyl (C=O) groups excluding carboxylic acids is 1. The highest BCUT2D eigenvalue weighted by Crippen LogP contribution is 2.14. The van der Waals surface area contributed by atoms with Crippen LogP contribution in [-0.4, -0.2) is 64.9 Å². The van der Waals surface area contributed by atoms with Crippen molar-refractivity contribution in [2.24, 2.45) is 5.73 Å². The van der Waals surface area contributed by atoms with Crippen molar-refractivity contribution >= 4 is 17.8 Å². The number of hydrogen-bond donors (Lipinski definition) is 3. The zero-order valence-corrected chi connectivity index (χ0v) is 11.6. The van der Waals surface area contributed by atoms with Gasteiger partial charge in [0.15, 0.2) is 0 Å². The number of nitrogens with two attached hydrogens (primary N) is 1. The molecule has 1 amide bonds. The Labute approximate surface area is 125 Å². The molecule has 0 aromatic heterocycles. The highest BCUT2D eigenvalue weighted by molar-refractivity contribution is 5.80. The number of primary amides is 1. The summed E-state index contributed by atoms with van der Waals surface area (Å²) in [6, 6.07) is 0.00463. The topological polar surface area (TPSA) is 121 Å². The van der Waals surface area contributed by atoms with E-state index in [1.807, 2.05) is 11.9 Å². The fourth-order valence-corrected chi connectivity index (χ4v) is 1.27. The van der Waals surface area contributed by atoms with E-state index in [-0.39, 0.29) is 11.9 Å². The van der Waals surface area contributed by atoms with Crippen molar-refractivity contribution in [3.63, 3.8) is 0 Å². The van der Waals surface area contributed by atoms with E-state index in [1.165, 1.54) is 0 Å². The van der Waals surface area contributed by atoms with Gasteiger partial charge in [0.1, 0.15) is 0 Å². The molecule has 136 valence electrons. The number of halogens is 6. The number of aliphatic carboxylic acids is 2. The van der Waals surface area contributed by atoms with E-state index in [2.05, 4.69) is 0 Å².